The molecule has 0 amide bonds. The number of nitrogens with two attached hydrogens (primary N) is 2. The van der Waals surface area contributed by atoms with Gasteiger partial charge in [0.05, 0.1) is 24.9 Å². The summed E-state index contributed by atoms with van der Waals surface area (Å²) in [6.07, 6.45) is 5.16. The van der Waals surface area contributed by atoms with Gasteiger partial charge in [-0.15, -0.1) is 5.34 Å². The maximum Gasteiger partial charge on any atom is 1.00 e. The fraction of sp³-hybridized carbons (Fsp3) is 0.607. The number of hydrogen-bond acceptors (Lipinski definition) is 16. The number of H-pyrrole nitrogens is 1. The number of nitrogens with zero attached hydrogens (tertiary/aromatic N) is 7. The van der Waals surface area contributed by atoms with Crippen LogP contribution in [0.25, 0.3) is 22.3 Å². The number of aliphatic carboxylic acids is 1. The molecule has 258 valence electrons. The number of carbonyl (C=O) groups is 1. The van der Waals surface area contributed by atoms with Gasteiger partial charge in [0.15, 0.2) is 22.3 Å². The molecule has 6 heterocycles. The predicted octanol–water partition coefficient (Wildman–Crippen LogP) is -4.16. The Kier molecular flexibility index (Phi) is 17.5. The van der Waals surface area contributed by atoms with Crippen LogP contribution in [0.15, 0.2) is 32.0 Å². The first-order valence-electron chi connectivity index (χ1n) is 15.0. The quantitative estimate of drug-likeness (QED) is 0.103. The van der Waals surface area contributed by atoms with E-state index in [0.717, 1.165) is 25.1 Å². The smallest absolute Gasteiger partial charge is 0.550 e. The van der Waals surface area contributed by atoms with Crippen LogP contribution >= 0.6 is 0 Å². The molecule has 0 aliphatic carbocycles. The number of aromatic nitrogens is 7. The molecule has 2 aliphatic rings. The van der Waals surface area contributed by atoms with Crippen LogP contribution in [0, 0.1) is 33.8 Å². The summed E-state index contributed by atoms with van der Waals surface area (Å²) in [5.74, 6) is 0.504. The average Bonchev–Trinajstić information content (AvgIpc) is 3.75. The molecule has 49 heavy (non-hydrogen) atoms. The van der Waals surface area contributed by atoms with Gasteiger partial charge in [0.25, 0.3) is 11.6 Å². The number of rotatable bonds is 4. The summed E-state index contributed by atoms with van der Waals surface area (Å²) in [4.78, 5) is 59.3. The van der Waals surface area contributed by atoms with E-state index >= 15 is 0 Å². The third kappa shape index (κ3) is 10.1. The molecule has 0 saturated carbocycles. The number of nitrogen functional groups attached to an aromatic ring is 2. The summed E-state index contributed by atoms with van der Waals surface area (Å²) in [5, 5.41) is 17.9. The van der Waals surface area contributed by atoms with Gasteiger partial charge in [-0.05, 0) is 31.6 Å². The van der Waals surface area contributed by atoms with Crippen molar-refractivity contribution in [3.8, 4) is 0 Å². The van der Waals surface area contributed by atoms with Gasteiger partial charge in [0, 0.05) is 17.8 Å². The SMILES string of the molecule is CC(=O)[O-].CC[C@H]1O[C@@H](n2cnc3c(=O)[nH]c(N)nc32)[C@@H](C)C1C.CC[C@H]1O[C@@H](n2cnc3c(=O)oc(N)nc32)[C@@H](C)C1C.O=N[O-].[Na+].[Na+]. The number of carbonyl (C=O) groups excluding carboxylic acids is 1. The third-order valence-electron chi connectivity index (χ3n) is 8.54. The van der Waals surface area contributed by atoms with Crippen molar-refractivity contribution in [1.29, 1.82) is 0 Å². The first-order chi connectivity index (χ1) is 22.2. The Labute approximate surface area is 325 Å². The molecule has 5 N–H and O–H groups in total. The Morgan fingerprint density at radius 1 is 0.878 bits per heavy atom. The first-order valence-corrected chi connectivity index (χ1v) is 15.0. The van der Waals surface area contributed by atoms with Gasteiger partial charge in [-0.25, -0.2) is 14.8 Å². The second kappa shape index (κ2) is 19.5. The molecule has 2 unspecified atom stereocenters. The van der Waals surface area contributed by atoms with E-state index < -0.39 is 11.6 Å². The van der Waals surface area contributed by atoms with Gasteiger partial charge in [0.2, 0.25) is 5.95 Å². The molecule has 0 spiro atoms. The molecule has 0 aromatic carbocycles. The molecule has 21 heteroatoms. The third-order valence-corrected chi connectivity index (χ3v) is 8.54. The van der Waals surface area contributed by atoms with Gasteiger partial charge in [-0.2, -0.15) is 9.97 Å². The van der Waals surface area contributed by atoms with Crippen LogP contribution in [0.1, 0.15) is 73.8 Å². The van der Waals surface area contributed by atoms with Crippen LogP contribution < -0.4 is 86.9 Å². The zero-order valence-electron chi connectivity index (χ0n) is 29.1. The first kappa shape index (κ1) is 44.1. The van der Waals surface area contributed by atoms with E-state index in [1.165, 1.54) is 0 Å². The molecule has 19 nitrogen and oxygen atoms in total. The van der Waals surface area contributed by atoms with E-state index in [1.807, 2.05) is 4.57 Å². The normalized spacial score (nSPS) is 25.4. The maximum atomic E-state index is 11.8. The van der Waals surface area contributed by atoms with Gasteiger partial charge in [-0.3, -0.25) is 18.9 Å². The Balaban J connectivity index is 0.000000399. The summed E-state index contributed by atoms with van der Waals surface area (Å²) in [6, 6.07) is -0.157. The molecule has 0 radical (unpaired) electrons. The Morgan fingerprint density at radius 2 is 1.29 bits per heavy atom. The van der Waals surface area contributed by atoms with Crippen molar-refractivity contribution >= 4 is 40.3 Å². The van der Waals surface area contributed by atoms with E-state index in [-0.39, 0.29) is 107 Å². The standard InChI is InChI=1S/C13H19N5O2.C13H18N4O3.C2H4O2.HNO2.2Na/c1-4-8-6(2)7(3)12(20-8)18-5-15-9-10(18)16-13(14)17-11(9)19;1-4-8-6(2)7(3)11(19-8)17-5-15-9-10(17)16-13(14)20-12(9)18;1-2(3)4;2-1-3;;/h5-8,12H,4H2,1-3H3,(H3,14,16,17,19);5-8,11H,4H2,1-3H3,(H2,14,16);1H3,(H,3,4);(H,2,3);;/q;;;;2*+1/p-2/t6?,7-,8+,12+;6?,7-,8+,11+;;;;/m00..../s1. The molecule has 4 aromatic heterocycles. The maximum absolute atomic E-state index is 11.8. The number of carboxylic acid groups (broad SMARTS) is 1. The van der Waals surface area contributed by atoms with E-state index in [4.69, 9.17) is 45.4 Å². The largest absolute Gasteiger partial charge is 1.00 e. The summed E-state index contributed by atoms with van der Waals surface area (Å²) in [7, 11) is 0. The van der Waals surface area contributed by atoms with E-state index in [1.54, 1.807) is 17.2 Å². The topological polar surface area (TPSA) is 288 Å². The summed E-state index contributed by atoms with van der Waals surface area (Å²) in [6.45, 7) is 13.8. The van der Waals surface area contributed by atoms with Crippen molar-refractivity contribution in [2.45, 2.75) is 86.0 Å². The molecule has 0 bridgehead atoms. The number of ether oxygens (including phenoxy) is 2. The van der Waals surface area contributed by atoms with Gasteiger partial charge >= 0.3 is 64.7 Å². The van der Waals surface area contributed by atoms with Gasteiger partial charge < -0.3 is 45.4 Å². The second-order valence-corrected chi connectivity index (χ2v) is 11.4. The molecule has 2 fully saturated rings. The minimum atomic E-state index is -1.08. The van der Waals surface area contributed by atoms with Crippen molar-refractivity contribution in [3.05, 3.63) is 43.5 Å². The van der Waals surface area contributed by atoms with Crippen molar-refractivity contribution in [2.75, 3.05) is 11.5 Å². The van der Waals surface area contributed by atoms with Crippen LogP contribution in [0.4, 0.5) is 12.0 Å². The minimum Gasteiger partial charge on any atom is -0.550 e. The molecular formula is C28H40N10Na2O9. The van der Waals surface area contributed by atoms with Gasteiger partial charge in [-0.1, -0.05) is 41.5 Å². The number of anilines is 2. The number of fused-ring (bicyclic) bond motifs is 2. The van der Waals surface area contributed by atoms with Crippen LogP contribution in [0.3, 0.4) is 0 Å². The Hall–Kier alpha value is -2.91. The summed E-state index contributed by atoms with van der Waals surface area (Å²) < 4.78 is 20.5. The number of hydrogen-bond donors (Lipinski definition) is 3. The molecule has 2 saturated heterocycles. The average molecular weight is 707 g/mol. The fourth-order valence-corrected chi connectivity index (χ4v) is 5.82. The van der Waals surface area contributed by atoms with Crippen molar-refractivity contribution in [2.24, 2.45) is 29.0 Å². The van der Waals surface area contributed by atoms with E-state index in [9.17, 15) is 9.59 Å². The summed E-state index contributed by atoms with van der Waals surface area (Å²) in [5.41, 5.74) is 11.6. The number of nitrogens with one attached hydrogen (secondary N) is 1. The Morgan fingerprint density at radius 3 is 1.69 bits per heavy atom. The number of aromatic amines is 1. The van der Waals surface area contributed by atoms with Crippen molar-refractivity contribution in [3.63, 3.8) is 0 Å². The van der Waals surface area contributed by atoms with Crippen molar-refractivity contribution in [1.82, 2.24) is 34.1 Å². The van der Waals surface area contributed by atoms with E-state index in [2.05, 4.69) is 66.5 Å². The summed E-state index contributed by atoms with van der Waals surface area (Å²) >= 11 is 0. The van der Waals surface area contributed by atoms with Crippen LogP contribution in [-0.2, 0) is 14.3 Å². The molecule has 4 aromatic rings. The molecule has 8 atom stereocenters. The van der Waals surface area contributed by atoms with Crippen LogP contribution in [-0.4, -0.2) is 52.2 Å². The monoisotopic (exact) mass is 706 g/mol. The molecule has 2 aliphatic heterocycles. The fourth-order valence-electron chi connectivity index (χ4n) is 5.82. The Bertz CT molecular complexity index is 1670. The minimum absolute atomic E-state index is 0. The van der Waals surface area contributed by atoms with Crippen LogP contribution in [0.5, 0.6) is 0 Å². The predicted molar refractivity (Wildman–Crippen MR) is 168 cm³/mol. The van der Waals surface area contributed by atoms with Crippen LogP contribution in [0.2, 0.25) is 0 Å². The second-order valence-electron chi connectivity index (χ2n) is 11.4. The van der Waals surface area contributed by atoms with E-state index in [0.29, 0.717) is 40.5 Å². The van der Waals surface area contributed by atoms with Crippen molar-refractivity contribution < 1.29 is 82.9 Å². The zero-order valence-corrected chi connectivity index (χ0v) is 33.1. The van der Waals surface area contributed by atoms with Gasteiger partial charge in [0.1, 0.15) is 12.5 Å². The molecule has 6 rings (SSSR count). The zero-order chi connectivity index (χ0) is 35.2. The molecular weight excluding hydrogens is 666 g/mol. The number of carboxylic acids is 1. The number of imidazole rings is 2.